The lowest BCUT2D eigenvalue weighted by atomic mass is 10.1. The van der Waals surface area contributed by atoms with Gasteiger partial charge in [-0.15, -0.1) is 0 Å². The molecule has 0 unspecified atom stereocenters. The number of hydrogen-bond donors (Lipinski definition) is 2. The lowest BCUT2D eigenvalue weighted by molar-refractivity contribution is -0.125. The summed E-state index contributed by atoms with van der Waals surface area (Å²) in [5.74, 6) is -0.394. The summed E-state index contributed by atoms with van der Waals surface area (Å²) < 4.78 is 14.9. The van der Waals surface area contributed by atoms with Crippen molar-refractivity contribution in [1.82, 2.24) is 4.37 Å². The molecule has 0 saturated carbocycles. The summed E-state index contributed by atoms with van der Waals surface area (Å²) in [4.78, 5) is 25.8. The van der Waals surface area contributed by atoms with Gasteiger partial charge in [-0.05, 0) is 42.7 Å². The molecule has 1 aromatic heterocycles. The molecule has 0 aliphatic carbocycles. The predicted octanol–water partition coefficient (Wildman–Crippen LogP) is 4.04. The van der Waals surface area contributed by atoms with Crippen molar-refractivity contribution in [2.45, 2.75) is 13.0 Å². The van der Waals surface area contributed by atoms with Crippen LogP contribution in [0.3, 0.4) is 0 Å². The second-order valence-corrected chi connectivity index (χ2v) is 6.91. The van der Waals surface area contributed by atoms with Crippen LogP contribution < -0.4 is 15.4 Å². The largest absolute Gasteiger partial charge is 0.497 e. The minimum Gasteiger partial charge on any atom is -0.497 e. The Hall–Kier alpha value is -3.39. The maximum Gasteiger partial charge on any atom is 0.344 e. The highest BCUT2D eigenvalue weighted by Gasteiger charge is 2.28. The highest BCUT2D eigenvalue weighted by atomic mass is 32.1. The molecule has 1 amide bonds. The fourth-order valence-corrected chi connectivity index (χ4v) is 3.46. The van der Waals surface area contributed by atoms with Crippen LogP contribution in [0.1, 0.15) is 27.7 Å². The number of carbonyl (C=O) groups is 2. The van der Waals surface area contributed by atoms with Gasteiger partial charge in [0.25, 0.3) is 5.91 Å². The molecule has 29 heavy (non-hydrogen) atoms. The van der Waals surface area contributed by atoms with Gasteiger partial charge in [0.05, 0.1) is 12.8 Å². The predicted molar refractivity (Wildman–Crippen MR) is 113 cm³/mol. The van der Waals surface area contributed by atoms with Crippen molar-refractivity contribution in [2.24, 2.45) is 0 Å². The van der Waals surface area contributed by atoms with Gasteiger partial charge in [-0.3, -0.25) is 4.79 Å². The van der Waals surface area contributed by atoms with Gasteiger partial charge in [0.2, 0.25) is 6.10 Å². The molecule has 0 spiro atoms. The summed E-state index contributed by atoms with van der Waals surface area (Å²) >= 11 is 1.17. The molecular weight excluding hydrogens is 390 g/mol. The summed E-state index contributed by atoms with van der Waals surface area (Å²) in [7, 11) is 3.27. The number of rotatable bonds is 7. The van der Waals surface area contributed by atoms with Crippen LogP contribution in [0.5, 0.6) is 5.75 Å². The van der Waals surface area contributed by atoms with E-state index in [4.69, 9.17) is 9.47 Å². The molecule has 1 heterocycles. The van der Waals surface area contributed by atoms with Crippen LogP contribution in [-0.4, -0.2) is 30.4 Å². The van der Waals surface area contributed by atoms with Gasteiger partial charge in [-0.1, -0.05) is 30.3 Å². The second kappa shape index (κ2) is 9.20. The smallest absolute Gasteiger partial charge is 0.344 e. The molecule has 150 valence electrons. The van der Waals surface area contributed by atoms with Gasteiger partial charge in [-0.25, -0.2) is 4.79 Å². The molecule has 8 heteroatoms. The molecule has 0 fully saturated rings. The molecule has 0 saturated heterocycles. The first kappa shape index (κ1) is 20.3. The first-order chi connectivity index (χ1) is 14.0. The van der Waals surface area contributed by atoms with E-state index < -0.39 is 18.0 Å². The monoisotopic (exact) mass is 411 g/mol. The number of aryl methyl sites for hydroxylation is 1. The molecule has 1 atom stereocenters. The van der Waals surface area contributed by atoms with Crippen molar-refractivity contribution < 1.29 is 19.1 Å². The summed E-state index contributed by atoms with van der Waals surface area (Å²) in [6.45, 7) is 1.73. The number of aromatic nitrogens is 1. The zero-order chi connectivity index (χ0) is 20.8. The number of esters is 1. The number of hydrogen-bond acceptors (Lipinski definition) is 7. The van der Waals surface area contributed by atoms with Crippen LogP contribution in [0, 0.1) is 6.92 Å². The number of carbonyl (C=O) groups excluding carboxylic acids is 2. The van der Waals surface area contributed by atoms with E-state index >= 15 is 0 Å². The van der Waals surface area contributed by atoms with Crippen LogP contribution in [-0.2, 0) is 9.53 Å². The third-order valence-corrected chi connectivity index (χ3v) is 5.17. The summed E-state index contributed by atoms with van der Waals surface area (Å²) in [5.41, 5.74) is 2.01. The van der Waals surface area contributed by atoms with Crippen LogP contribution in [0.2, 0.25) is 0 Å². The second-order valence-electron chi connectivity index (χ2n) is 6.14. The summed E-state index contributed by atoms with van der Waals surface area (Å²) in [5, 5.41) is 6.31. The van der Waals surface area contributed by atoms with Crippen LogP contribution in [0.15, 0.2) is 54.6 Å². The van der Waals surface area contributed by atoms with Gasteiger partial charge in [0.1, 0.15) is 16.3 Å². The Labute approximate surface area is 172 Å². The topological polar surface area (TPSA) is 89.5 Å². The maximum absolute atomic E-state index is 13.0. The lowest BCUT2D eigenvalue weighted by Crippen LogP contribution is -2.26. The van der Waals surface area contributed by atoms with Crippen molar-refractivity contribution in [1.29, 1.82) is 0 Å². The summed E-state index contributed by atoms with van der Waals surface area (Å²) in [6, 6.07) is 15.8. The molecule has 2 aromatic carbocycles. The van der Waals surface area contributed by atoms with Crippen molar-refractivity contribution in [3.8, 4) is 5.75 Å². The average Bonchev–Trinajstić information content (AvgIpc) is 3.13. The van der Waals surface area contributed by atoms with E-state index in [0.29, 0.717) is 33.3 Å². The number of methoxy groups -OCH3 is 1. The van der Waals surface area contributed by atoms with Gasteiger partial charge < -0.3 is 20.1 Å². The fourth-order valence-electron chi connectivity index (χ4n) is 2.73. The van der Waals surface area contributed by atoms with Gasteiger partial charge >= 0.3 is 5.97 Å². The third-order valence-electron chi connectivity index (χ3n) is 4.22. The Kier molecular flexibility index (Phi) is 6.46. The molecular formula is C21H21N3O4S. The molecule has 3 aromatic rings. The molecule has 0 aliphatic heterocycles. The quantitative estimate of drug-likeness (QED) is 0.571. The number of amides is 1. The Morgan fingerprint density at radius 1 is 1.07 bits per heavy atom. The van der Waals surface area contributed by atoms with E-state index in [1.54, 1.807) is 69.6 Å². The summed E-state index contributed by atoms with van der Waals surface area (Å²) in [6.07, 6.45) is -1.12. The third kappa shape index (κ3) is 4.72. The highest BCUT2D eigenvalue weighted by molar-refractivity contribution is 7.10. The van der Waals surface area contributed by atoms with Crippen LogP contribution in [0.4, 0.5) is 10.7 Å². The SMILES string of the molecule is CNc1snc(C)c1C(=O)O[C@H](C(=O)Nc1ccc(OC)cc1)c1ccccc1. The van der Waals surface area contributed by atoms with Crippen molar-refractivity contribution in [3.05, 3.63) is 71.4 Å². The normalized spacial score (nSPS) is 11.4. The Morgan fingerprint density at radius 3 is 2.38 bits per heavy atom. The fraction of sp³-hybridized carbons (Fsp3) is 0.190. The van der Waals surface area contributed by atoms with Crippen LogP contribution >= 0.6 is 11.5 Å². The van der Waals surface area contributed by atoms with E-state index in [1.807, 2.05) is 6.07 Å². The zero-order valence-corrected chi connectivity index (χ0v) is 17.1. The van der Waals surface area contributed by atoms with E-state index in [0.717, 1.165) is 0 Å². The molecule has 0 radical (unpaired) electrons. The average molecular weight is 411 g/mol. The first-order valence-corrected chi connectivity index (χ1v) is 9.65. The Balaban J connectivity index is 1.85. The first-order valence-electron chi connectivity index (χ1n) is 8.88. The zero-order valence-electron chi connectivity index (χ0n) is 16.3. The Morgan fingerprint density at radius 2 is 1.76 bits per heavy atom. The molecule has 0 aliphatic rings. The van der Waals surface area contributed by atoms with E-state index in [2.05, 4.69) is 15.0 Å². The minimum atomic E-state index is -1.12. The number of benzene rings is 2. The number of nitrogens with one attached hydrogen (secondary N) is 2. The number of ether oxygens (including phenoxy) is 2. The number of anilines is 2. The van der Waals surface area contributed by atoms with Crippen molar-refractivity contribution >= 4 is 34.1 Å². The highest BCUT2D eigenvalue weighted by Crippen LogP contribution is 2.28. The minimum absolute atomic E-state index is 0.329. The molecule has 7 nitrogen and oxygen atoms in total. The van der Waals surface area contributed by atoms with E-state index in [9.17, 15) is 9.59 Å². The molecule has 3 rings (SSSR count). The van der Waals surface area contributed by atoms with E-state index in [1.165, 1.54) is 11.5 Å². The van der Waals surface area contributed by atoms with Gasteiger partial charge in [0.15, 0.2) is 0 Å². The van der Waals surface area contributed by atoms with Crippen LogP contribution in [0.25, 0.3) is 0 Å². The van der Waals surface area contributed by atoms with Gasteiger partial charge in [0, 0.05) is 18.3 Å². The van der Waals surface area contributed by atoms with Crippen molar-refractivity contribution in [2.75, 3.05) is 24.8 Å². The number of nitrogens with zero attached hydrogens (tertiary/aromatic N) is 1. The molecule has 2 N–H and O–H groups in total. The van der Waals surface area contributed by atoms with Crippen molar-refractivity contribution in [3.63, 3.8) is 0 Å². The standard InChI is InChI=1S/C21H21N3O4S/c1-13-17(20(22-2)29-24-13)21(26)28-18(14-7-5-4-6-8-14)19(25)23-15-9-11-16(27-3)12-10-15/h4-12,18,22H,1-3H3,(H,23,25)/t18-/m0/s1. The Bertz CT molecular complexity index is 987. The van der Waals surface area contributed by atoms with E-state index in [-0.39, 0.29) is 0 Å². The molecule has 0 bridgehead atoms. The lowest BCUT2D eigenvalue weighted by Gasteiger charge is -2.18. The van der Waals surface area contributed by atoms with Gasteiger partial charge in [-0.2, -0.15) is 4.37 Å². The maximum atomic E-state index is 13.0.